The number of anilines is 1. The quantitative estimate of drug-likeness (QED) is 0.307. The van der Waals surface area contributed by atoms with Crippen LogP contribution in [-0.2, 0) is 26.3 Å². The number of carbonyl (C=O) groups is 3. The lowest BCUT2D eigenvalue weighted by atomic mass is 10.1. The van der Waals surface area contributed by atoms with Gasteiger partial charge in [0, 0.05) is 12.6 Å². The van der Waals surface area contributed by atoms with Gasteiger partial charge in [-0.3, -0.25) is 19.3 Å². The van der Waals surface area contributed by atoms with Crippen molar-refractivity contribution < 1.29 is 31.7 Å². The van der Waals surface area contributed by atoms with Gasteiger partial charge in [0.2, 0.25) is 5.91 Å². The fourth-order valence-electron chi connectivity index (χ4n) is 3.59. The predicted octanol–water partition coefficient (Wildman–Crippen LogP) is 4.97. The average molecular weight is 553 g/mol. The van der Waals surface area contributed by atoms with Crippen molar-refractivity contribution >= 4 is 50.7 Å². The molecule has 0 saturated carbocycles. The molecule has 0 aliphatic carbocycles. The van der Waals surface area contributed by atoms with Crippen LogP contribution in [0.4, 0.5) is 10.5 Å². The highest BCUT2D eigenvalue weighted by molar-refractivity contribution is 8.18. The van der Waals surface area contributed by atoms with E-state index in [-0.39, 0.29) is 33.8 Å². The van der Waals surface area contributed by atoms with E-state index in [9.17, 15) is 22.8 Å². The van der Waals surface area contributed by atoms with Gasteiger partial charge in [-0.15, -0.1) is 0 Å². The van der Waals surface area contributed by atoms with Gasteiger partial charge in [-0.25, -0.2) is 0 Å². The highest BCUT2D eigenvalue weighted by atomic mass is 32.2. The Kier molecular flexibility index (Phi) is 7.88. The van der Waals surface area contributed by atoms with E-state index in [1.54, 1.807) is 6.07 Å². The Morgan fingerprint density at radius 1 is 1.00 bits per heavy atom. The first-order valence-electron chi connectivity index (χ1n) is 11.4. The first kappa shape index (κ1) is 27.0. The smallest absolute Gasteiger partial charge is 0.339 e. The molecule has 0 aromatic heterocycles. The first-order chi connectivity index (χ1) is 18.1. The molecule has 1 N–H and O–H groups in total. The molecule has 0 unspecified atom stereocenters. The fraction of sp³-hybridized carbons (Fsp3) is 0.148. The molecule has 0 atom stereocenters. The maximum atomic E-state index is 12.9. The number of methoxy groups -OCH3 is 1. The molecule has 11 heteroatoms. The number of benzene rings is 3. The van der Waals surface area contributed by atoms with E-state index < -0.39 is 21.3 Å². The summed E-state index contributed by atoms with van der Waals surface area (Å²) in [5.41, 5.74) is 2.78. The number of rotatable bonds is 8. The molecular formula is C27H24N2O7S2. The normalized spacial score (nSPS) is 14.6. The van der Waals surface area contributed by atoms with E-state index in [1.165, 1.54) is 56.5 Å². The molecule has 1 fully saturated rings. The third-order valence-electron chi connectivity index (χ3n) is 5.48. The van der Waals surface area contributed by atoms with E-state index in [4.69, 9.17) is 8.92 Å². The van der Waals surface area contributed by atoms with E-state index >= 15 is 0 Å². The number of hydrogen-bond donors (Lipinski definition) is 1. The second-order valence-corrected chi connectivity index (χ2v) is 10.9. The molecule has 1 aliphatic rings. The summed E-state index contributed by atoms with van der Waals surface area (Å²) >= 11 is 0.809. The molecule has 38 heavy (non-hydrogen) atoms. The topological polar surface area (TPSA) is 119 Å². The number of nitrogens with one attached hydrogen (secondary N) is 1. The van der Waals surface area contributed by atoms with Gasteiger partial charge in [0.1, 0.15) is 4.90 Å². The summed E-state index contributed by atoms with van der Waals surface area (Å²) in [6.45, 7) is 3.45. The Balaban J connectivity index is 1.56. The monoisotopic (exact) mass is 552 g/mol. The summed E-state index contributed by atoms with van der Waals surface area (Å²) in [4.78, 5) is 37.9. The van der Waals surface area contributed by atoms with Crippen LogP contribution >= 0.6 is 11.8 Å². The summed E-state index contributed by atoms with van der Waals surface area (Å²) in [5.74, 6) is -0.656. The number of thioether (sulfide) groups is 1. The highest BCUT2D eigenvalue weighted by Crippen LogP contribution is 2.36. The van der Waals surface area contributed by atoms with E-state index in [0.717, 1.165) is 27.8 Å². The van der Waals surface area contributed by atoms with Gasteiger partial charge in [-0.05, 0) is 72.3 Å². The summed E-state index contributed by atoms with van der Waals surface area (Å²) in [6.07, 6.45) is 1.50. The zero-order chi connectivity index (χ0) is 27.4. The molecular weight excluding hydrogens is 528 g/mol. The minimum Gasteiger partial charge on any atom is -0.493 e. The Bertz CT molecular complexity index is 1530. The minimum atomic E-state index is -4.25. The van der Waals surface area contributed by atoms with Crippen molar-refractivity contribution in [2.75, 3.05) is 12.4 Å². The van der Waals surface area contributed by atoms with Gasteiger partial charge in [0.25, 0.3) is 11.1 Å². The lowest BCUT2D eigenvalue weighted by molar-refractivity contribution is -0.123. The van der Waals surface area contributed by atoms with Crippen LogP contribution in [-0.4, -0.2) is 37.5 Å². The number of imide groups is 1. The summed E-state index contributed by atoms with van der Waals surface area (Å²) < 4.78 is 36.4. The molecule has 9 nitrogen and oxygen atoms in total. The first-order valence-corrected chi connectivity index (χ1v) is 13.6. The number of aryl methyl sites for hydroxylation is 1. The molecule has 1 heterocycles. The SMILES string of the molecule is COc1ccc(/C=C2\SC(=O)N(Cc3ccc(C)cc3)C2=O)cc1OS(=O)(=O)c1ccc(NC(C)=O)cc1. The standard InChI is InChI=1S/C27H24N2O7S2/c1-17-4-6-19(7-5-17)16-29-26(31)25(37-27(29)32)15-20-8-13-23(35-3)24(14-20)36-38(33,34)22-11-9-21(10-12-22)28-18(2)30/h4-15H,16H2,1-3H3,(H,28,30)/b25-15-. The molecule has 0 radical (unpaired) electrons. The van der Waals surface area contributed by atoms with Gasteiger partial charge in [0.05, 0.1) is 18.6 Å². The number of ether oxygens (including phenoxy) is 1. The summed E-state index contributed by atoms with van der Waals surface area (Å²) in [7, 11) is -2.88. The summed E-state index contributed by atoms with van der Waals surface area (Å²) in [6, 6.07) is 17.6. The molecule has 4 rings (SSSR count). The van der Waals surface area contributed by atoms with Crippen LogP contribution < -0.4 is 14.2 Å². The molecule has 1 saturated heterocycles. The second kappa shape index (κ2) is 11.1. The second-order valence-electron chi connectivity index (χ2n) is 8.41. The average Bonchev–Trinajstić information content (AvgIpc) is 3.12. The van der Waals surface area contributed by atoms with Gasteiger partial charge in [-0.2, -0.15) is 8.42 Å². The van der Waals surface area contributed by atoms with Crippen molar-refractivity contribution in [3.8, 4) is 11.5 Å². The highest BCUT2D eigenvalue weighted by Gasteiger charge is 2.35. The van der Waals surface area contributed by atoms with E-state index in [1.807, 2.05) is 31.2 Å². The number of amides is 3. The van der Waals surface area contributed by atoms with Crippen LogP contribution in [0.3, 0.4) is 0 Å². The molecule has 3 amide bonds. The Labute approximate surface area is 224 Å². The Morgan fingerprint density at radius 3 is 2.32 bits per heavy atom. The molecule has 3 aromatic carbocycles. The maximum Gasteiger partial charge on any atom is 0.339 e. The zero-order valence-corrected chi connectivity index (χ0v) is 22.4. The van der Waals surface area contributed by atoms with Gasteiger partial charge in [-0.1, -0.05) is 35.9 Å². The van der Waals surface area contributed by atoms with Crippen molar-refractivity contribution in [3.05, 3.63) is 88.3 Å². The molecule has 196 valence electrons. The molecule has 0 spiro atoms. The van der Waals surface area contributed by atoms with Gasteiger partial charge >= 0.3 is 10.1 Å². The molecule has 1 aliphatic heterocycles. The number of hydrogen-bond acceptors (Lipinski definition) is 8. The van der Waals surface area contributed by atoms with Crippen molar-refractivity contribution in [2.45, 2.75) is 25.3 Å². The Hall–Kier alpha value is -4.09. The van der Waals surface area contributed by atoms with Crippen LogP contribution in [0.25, 0.3) is 6.08 Å². The van der Waals surface area contributed by atoms with Crippen molar-refractivity contribution in [3.63, 3.8) is 0 Å². The van der Waals surface area contributed by atoms with E-state index in [2.05, 4.69) is 5.32 Å². The van der Waals surface area contributed by atoms with Crippen molar-refractivity contribution in [1.29, 1.82) is 0 Å². The van der Waals surface area contributed by atoms with Gasteiger partial charge in [0.15, 0.2) is 11.5 Å². The predicted molar refractivity (Wildman–Crippen MR) is 144 cm³/mol. The van der Waals surface area contributed by atoms with Gasteiger partial charge < -0.3 is 14.2 Å². The lowest BCUT2D eigenvalue weighted by Gasteiger charge is -2.13. The van der Waals surface area contributed by atoms with Crippen LogP contribution in [0, 0.1) is 6.92 Å². The van der Waals surface area contributed by atoms with Crippen LogP contribution in [0.1, 0.15) is 23.6 Å². The fourth-order valence-corrected chi connectivity index (χ4v) is 5.36. The zero-order valence-electron chi connectivity index (χ0n) is 20.8. The third kappa shape index (κ3) is 6.24. The van der Waals surface area contributed by atoms with Crippen LogP contribution in [0.2, 0.25) is 0 Å². The third-order valence-corrected chi connectivity index (χ3v) is 7.64. The Morgan fingerprint density at radius 2 is 1.68 bits per heavy atom. The molecule has 3 aromatic rings. The van der Waals surface area contributed by atoms with Crippen LogP contribution in [0.5, 0.6) is 11.5 Å². The van der Waals surface area contributed by atoms with Crippen LogP contribution in [0.15, 0.2) is 76.5 Å². The van der Waals surface area contributed by atoms with Crippen molar-refractivity contribution in [1.82, 2.24) is 4.90 Å². The number of nitrogens with zero attached hydrogens (tertiary/aromatic N) is 1. The minimum absolute atomic E-state index is 0.0916. The number of carbonyl (C=O) groups excluding carboxylic acids is 3. The lowest BCUT2D eigenvalue weighted by Crippen LogP contribution is -2.27. The summed E-state index contributed by atoms with van der Waals surface area (Å²) in [5, 5.41) is 2.17. The maximum absolute atomic E-state index is 12.9. The van der Waals surface area contributed by atoms with E-state index in [0.29, 0.717) is 11.3 Å². The molecule has 0 bridgehead atoms. The van der Waals surface area contributed by atoms with Crippen molar-refractivity contribution in [2.24, 2.45) is 0 Å². The largest absolute Gasteiger partial charge is 0.493 e.